The second-order valence-electron chi connectivity index (χ2n) is 4.23. The van der Waals surface area contributed by atoms with Crippen LogP contribution in [0.15, 0.2) is 18.2 Å². The van der Waals surface area contributed by atoms with Gasteiger partial charge in [0, 0.05) is 5.92 Å². The highest BCUT2D eigenvalue weighted by Crippen LogP contribution is 2.38. The van der Waals surface area contributed by atoms with E-state index < -0.39 is 11.9 Å². The molecule has 0 aliphatic carbocycles. The van der Waals surface area contributed by atoms with Gasteiger partial charge in [0.2, 0.25) is 6.79 Å². The highest BCUT2D eigenvalue weighted by atomic mass is 16.7. The molecule has 1 unspecified atom stereocenters. The Labute approximate surface area is 97.9 Å². The number of aliphatic carboxylic acids is 1. The molecule has 1 saturated heterocycles. The van der Waals surface area contributed by atoms with Crippen molar-refractivity contribution < 1.29 is 24.1 Å². The van der Waals surface area contributed by atoms with Crippen molar-refractivity contribution >= 4 is 5.97 Å². The SMILES string of the molecule is O=C(O)C(c1ccc2c(c1)OCO2)C1COC1. The summed E-state index contributed by atoms with van der Waals surface area (Å²) in [5.41, 5.74) is 0.745. The second kappa shape index (κ2) is 3.92. The lowest BCUT2D eigenvalue weighted by Crippen LogP contribution is -2.36. The van der Waals surface area contributed by atoms with Crippen molar-refractivity contribution in [1.82, 2.24) is 0 Å². The summed E-state index contributed by atoms with van der Waals surface area (Å²) >= 11 is 0. The normalized spacial score (nSPS) is 19.8. The number of hydrogen-bond acceptors (Lipinski definition) is 4. The van der Waals surface area contributed by atoms with Crippen LogP contribution in [0.25, 0.3) is 0 Å². The number of fused-ring (bicyclic) bond motifs is 1. The summed E-state index contributed by atoms with van der Waals surface area (Å²) in [6.45, 7) is 1.21. The minimum atomic E-state index is -0.822. The third kappa shape index (κ3) is 1.72. The van der Waals surface area contributed by atoms with E-state index in [1.54, 1.807) is 18.2 Å². The molecule has 0 bridgehead atoms. The lowest BCUT2D eigenvalue weighted by molar-refractivity contribution is -0.146. The largest absolute Gasteiger partial charge is 0.481 e. The van der Waals surface area contributed by atoms with Gasteiger partial charge in [0.1, 0.15) is 0 Å². The molecule has 3 rings (SSSR count). The fourth-order valence-corrected chi connectivity index (χ4v) is 2.17. The van der Waals surface area contributed by atoms with Gasteiger partial charge < -0.3 is 19.3 Å². The first-order valence-corrected chi connectivity index (χ1v) is 5.46. The summed E-state index contributed by atoms with van der Waals surface area (Å²) in [6.07, 6.45) is 0. The predicted octanol–water partition coefficient (Wildman–Crippen LogP) is 1.23. The summed E-state index contributed by atoms with van der Waals surface area (Å²) < 4.78 is 15.5. The molecule has 17 heavy (non-hydrogen) atoms. The molecule has 1 aromatic carbocycles. The molecule has 5 nitrogen and oxygen atoms in total. The maximum atomic E-state index is 11.3. The van der Waals surface area contributed by atoms with Crippen molar-refractivity contribution in [2.75, 3.05) is 20.0 Å². The van der Waals surface area contributed by atoms with E-state index in [0.29, 0.717) is 24.7 Å². The smallest absolute Gasteiger partial charge is 0.311 e. The Bertz CT molecular complexity index is 452. The molecular weight excluding hydrogens is 224 g/mol. The zero-order valence-electron chi connectivity index (χ0n) is 9.09. The van der Waals surface area contributed by atoms with Crippen LogP contribution in [0.2, 0.25) is 0 Å². The summed E-state index contributed by atoms with van der Waals surface area (Å²) in [7, 11) is 0. The number of ether oxygens (including phenoxy) is 3. The van der Waals surface area contributed by atoms with E-state index in [-0.39, 0.29) is 12.7 Å². The van der Waals surface area contributed by atoms with E-state index in [9.17, 15) is 9.90 Å². The van der Waals surface area contributed by atoms with Gasteiger partial charge in [-0.25, -0.2) is 0 Å². The lowest BCUT2D eigenvalue weighted by Gasteiger charge is -2.31. The van der Waals surface area contributed by atoms with E-state index in [4.69, 9.17) is 14.2 Å². The molecule has 2 heterocycles. The average molecular weight is 236 g/mol. The van der Waals surface area contributed by atoms with Gasteiger partial charge in [-0.05, 0) is 17.7 Å². The van der Waals surface area contributed by atoms with Crippen molar-refractivity contribution in [2.45, 2.75) is 5.92 Å². The third-order valence-corrected chi connectivity index (χ3v) is 3.16. The Balaban J connectivity index is 1.92. The summed E-state index contributed by atoms with van der Waals surface area (Å²) in [4.78, 5) is 11.3. The number of carbonyl (C=O) groups is 1. The van der Waals surface area contributed by atoms with Gasteiger partial charge >= 0.3 is 5.97 Å². The zero-order chi connectivity index (χ0) is 11.8. The molecule has 0 radical (unpaired) electrons. The number of hydrogen-bond donors (Lipinski definition) is 1. The molecule has 1 fully saturated rings. The lowest BCUT2D eigenvalue weighted by atomic mass is 9.84. The van der Waals surface area contributed by atoms with Crippen LogP contribution >= 0.6 is 0 Å². The highest BCUT2D eigenvalue weighted by molar-refractivity contribution is 5.77. The first-order chi connectivity index (χ1) is 8.25. The van der Waals surface area contributed by atoms with Gasteiger partial charge in [-0.3, -0.25) is 4.79 Å². The highest BCUT2D eigenvalue weighted by Gasteiger charge is 2.35. The molecule has 1 atom stereocenters. The van der Waals surface area contributed by atoms with Crippen LogP contribution < -0.4 is 9.47 Å². The minimum absolute atomic E-state index is 0.0490. The molecule has 2 aliphatic heterocycles. The summed E-state index contributed by atoms with van der Waals surface area (Å²) in [5.74, 6) is -0.0139. The van der Waals surface area contributed by atoms with Gasteiger partial charge in [-0.15, -0.1) is 0 Å². The Morgan fingerprint density at radius 2 is 2.06 bits per heavy atom. The average Bonchev–Trinajstić information content (AvgIpc) is 2.69. The second-order valence-corrected chi connectivity index (χ2v) is 4.23. The molecule has 5 heteroatoms. The topological polar surface area (TPSA) is 65.0 Å². The number of carboxylic acid groups (broad SMARTS) is 1. The van der Waals surface area contributed by atoms with E-state index in [0.717, 1.165) is 5.56 Å². The van der Waals surface area contributed by atoms with E-state index in [1.807, 2.05) is 0 Å². The van der Waals surface area contributed by atoms with Crippen molar-refractivity contribution in [3.8, 4) is 11.5 Å². The van der Waals surface area contributed by atoms with Crippen LogP contribution in [0.4, 0.5) is 0 Å². The molecule has 0 spiro atoms. The minimum Gasteiger partial charge on any atom is -0.481 e. The Kier molecular flexibility index (Phi) is 2.40. The van der Waals surface area contributed by atoms with Crippen LogP contribution in [0.3, 0.4) is 0 Å². The number of benzene rings is 1. The van der Waals surface area contributed by atoms with Gasteiger partial charge in [0.25, 0.3) is 0 Å². The van der Waals surface area contributed by atoms with Gasteiger partial charge in [0.15, 0.2) is 11.5 Å². The fourth-order valence-electron chi connectivity index (χ4n) is 2.17. The number of carboxylic acids is 1. The monoisotopic (exact) mass is 236 g/mol. The van der Waals surface area contributed by atoms with E-state index in [1.165, 1.54) is 0 Å². The molecule has 1 aromatic rings. The van der Waals surface area contributed by atoms with Gasteiger partial charge in [-0.2, -0.15) is 0 Å². The van der Waals surface area contributed by atoms with Crippen LogP contribution in [-0.4, -0.2) is 31.1 Å². The third-order valence-electron chi connectivity index (χ3n) is 3.16. The van der Waals surface area contributed by atoms with Crippen molar-refractivity contribution in [1.29, 1.82) is 0 Å². The molecule has 0 aromatic heterocycles. The zero-order valence-corrected chi connectivity index (χ0v) is 9.09. The van der Waals surface area contributed by atoms with Gasteiger partial charge in [0.05, 0.1) is 19.1 Å². The standard InChI is InChI=1S/C12H12O5/c13-12(14)11(8-4-15-5-8)7-1-2-9-10(3-7)17-6-16-9/h1-3,8,11H,4-6H2,(H,13,14). The first-order valence-electron chi connectivity index (χ1n) is 5.46. The van der Waals surface area contributed by atoms with Crippen molar-refractivity contribution in [2.24, 2.45) is 5.92 Å². The maximum Gasteiger partial charge on any atom is 0.311 e. The molecule has 90 valence electrons. The summed E-state index contributed by atoms with van der Waals surface area (Å²) in [6, 6.07) is 5.29. The summed E-state index contributed by atoms with van der Waals surface area (Å²) in [5, 5.41) is 9.28. The Morgan fingerprint density at radius 1 is 1.29 bits per heavy atom. The van der Waals surface area contributed by atoms with Crippen LogP contribution in [0, 0.1) is 5.92 Å². The Hall–Kier alpha value is -1.75. The first kappa shape index (κ1) is 10.4. The van der Waals surface area contributed by atoms with Crippen molar-refractivity contribution in [3.63, 3.8) is 0 Å². The molecular formula is C12H12O5. The Morgan fingerprint density at radius 3 is 2.71 bits per heavy atom. The molecule has 0 amide bonds. The predicted molar refractivity (Wildman–Crippen MR) is 57.3 cm³/mol. The molecule has 2 aliphatic rings. The molecule has 0 saturated carbocycles. The van der Waals surface area contributed by atoms with Crippen molar-refractivity contribution in [3.05, 3.63) is 23.8 Å². The van der Waals surface area contributed by atoms with E-state index >= 15 is 0 Å². The van der Waals surface area contributed by atoms with E-state index in [2.05, 4.69) is 0 Å². The van der Waals surface area contributed by atoms with Crippen LogP contribution in [0.1, 0.15) is 11.5 Å². The van der Waals surface area contributed by atoms with Crippen LogP contribution in [-0.2, 0) is 9.53 Å². The van der Waals surface area contributed by atoms with Gasteiger partial charge in [-0.1, -0.05) is 6.07 Å². The maximum absolute atomic E-state index is 11.3. The van der Waals surface area contributed by atoms with Crippen LogP contribution in [0.5, 0.6) is 11.5 Å². The quantitative estimate of drug-likeness (QED) is 0.855. The fraction of sp³-hybridized carbons (Fsp3) is 0.417. The number of rotatable bonds is 3. The molecule has 1 N–H and O–H groups in total.